The molecule has 2 nitrogen and oxygen atoms in total. The van der Waals surface area contributed by atoms with E-state index >= 15 is 0 Å². The highest BCUT2D eigenvalue weighted by Gasteiger charge is 2.24. The molecule has 1 aromatic carbocycles. The first-order chi connectivity index (χ1) is 9.86. The first-order valence-corrected chi connectivity index (χ1v) is 9.13. The number of fused-ring (bicyclic) bond motifs is 1. The number of hydrogen-bond donors (Lipinski definition) is 1. The van der Waals surface area contributed by atoms with E-state index in [-0.39, 0.29) is 0 Å². The monoisotopic (exact) mass is 291 g/mol. The number of benzene rings is 1. The highest BCUT2D eigenvalue weighted by atomic mass is 32.2. The second-order valence-corrected chi connectivity index (χ2v) is 7.14. The Morgan fingerprint density at radius 2 is 2.15 bits per heavy atom. The summed E-state index contributed by atoms with van der Waals surface area (Å²) >= 11 is 2.04. The average molecular weight is 291 g/mol. The predicted octanol–water partition coefficient (Wildman–Crippen LogP) is 3.82. The van der Waals surface area contributed by atoms with Gasteiger partial charge in [0.05, 0.1) is 6.61 Å². The topological polar surface area (TPSA) is 21.3 Å². The van der Waals surface area contributed by atoms with Crippen LogP contribution in [0.3, 0.4) is 0 Å². The van der Waals surface area contributed by atoms with Crippen molar-refractivity contribution in [1.29, 1.82) is 0 Å². The summed E-state index contributed by atoms with van der Waals surface area (Å²) in [7, 11) is 0. The maximum atomic E-state index is 5.75. The Morgan fingerprint density at radius 3 is 3.05 bits per heavy atom. The molecule has 3 unspecified atom stereocenters. The van der Waals surface area contributed by atoms with Gasteiger partial charge in [-0.2, -0.15) is 11.8 Å². The van der Waals surface area contributed by atoms with Gasteiger partial charge in [-0.05, 0) is 43.6 Å². The molecule has 2 aliphatic rings. The normalized spacial score (nSPS) is 29.6. The van der Waals surface area contributed by atoms with E-state index < -0.39 is 0 Å². The van der Waals surface area contributed by atoms with Crippen LogP contribution in [0, 0.1) is 0 Å². The van der Waals surface area contributed by atoms with E-state index in [9.17, 15) is 0 Å². The van der Waals surface area contributed by atoms with Gasteiger partial charge >= 0.3 is 0 Å². The fourth-order valence-corrected chi connectivity index (χ4v) is 4.31. The van der Waals surface area contributed by atoms with Crippen molar-refractivity contribution in [2.45, 2.75) is 49.3 Å². The van der Waals surface area contributed by atoms with E-state index in [0.717, 1.165) is 36.6 Å². The smallest absolute Gasteiger partial charge is 0.122 e. The third-order valence-corrected chi connectivity index (χ3v) is 5.79. The lowest BCUT2D eigenvalue weighted by Gasteiger charge is -2.32. The molecule has 0 bridgehead atoms. The fraction of sp³-hybridized carbons (Fsp3) is 0.647. The molecular weight excluding hydrogens is 266 g/mol. The van der Waals surface area contributed by atoms with Crippen LogP contribution in [0.5, 0.6) is 5.75 Å². The van der Waals surface area contributed by atoms with Crippen LogP contribution in [-0.2, 0) is 0 Å². The molecule has 3 rings (SSSR count). The number of rotatable bonds is 4. The summed E-state index contributed by atoms with van der Waals surface area (Å²) in [5.74, 6) is 1.71. The molecule has 3 atom stereocenters. The zero-order valence-electron chi connectivity index (χ0n) is 12.3. The Bertz CT molecular complexity index is 437. The second-order valence-electron chi connectivity index (χ2n) is 6.00. The Kier molecular flexibility index (Phi) is 4.90. The molecule has 0 spiro atoms. The lowest BCUT2D eigenvalue weighted by molar-refractivity contribution is 0.258. The SMILES string of the molecule is CSC1CCCC(NCC2CCOc3ccccc32)C1. The van der Waals surface area contributed by atoms with Crippen molar-refractivity contribution >= 4 is 11.8 Å². The van der Waals surface area contributed by atoms with Gasteiger partial charge < -0.3 is 10.1 Å². The van der Waals surface area contributed by atoms with Gasteiger partial charge in [0, 0.05) is 23.8 Å². The van der Waals surface area contributed by atoms with Crippen LogP contribution in [0.25, 0.3) is 0 Å². The van der Waals surface area contributed by atoms with E-state index in [1.807, 2.05) is 11.8 Å². The van der Waals surface area contributed by atoms with Crippen molar-refractivity contribution in [2.24, 2.45) is 0 Å². The second kappa shape index (κ2) is 6.86. The number of hydrogen-bond acceptors (Lipinski definition) is 3. The van der Waals surface area contributed by atoms with Crippen molar-refractivity contribution in [3.63, 3.8) is 0 Å². The maximum absolute atomic E-state index is 5.75. The van der Waals surface area contributed by atoms with Gasteiger partial charge in [0.15, 0.2) is 0 Å². The summed E-state index contributed by atoms with van der Waals surface area (Å²) in [6.07, 6.45) is 8.87. The minimum Gasteiger partial charge on any atom is -0.493 e. The number of thioether (sulfide) groups is 1. The van der Waals surface area contributed by atoms with Gasteiger partial charge in [0.1, 0.15) is 5.75 Å². The standard InChI is InChI=1S/C17H25NOS/c1-20-15-6-4-5-14(11-15)18-12-13-9-10-19-17-8-3-2-7-16(13)17/h2-3,7-8,13-15,18H,4-6,9-12H2,1H3. The van der Waals surface area contributed by atoms with Crippen LogP contribution in [0.4, 0.5) is 0 Å². The zero-order valence-corrected chi connectivity index (χ0v) is 13.1. The molecule has 1 saturated carbocycles. The molecule has 0 radical (unpaired) electrons. The third-order valence-electron chi connectivity index (χ3n) is 4.70. The van der Waals surface area contributed by atoms with Gasteiger partial charge in [-0.15, -0.1) is 0 Å². The van der Waals surface area contributed by atoms with Crippen molar-refractivity contribution in [3.05, 3.63) is 29.8 Å². The molecule has 0 aromatic heterocycles. The number of para-hydroxylation sites is 1. The number of ether oxygens (including phenoxy) is 1. The molecule has 1 aliphatic carbocycles. The fourth-order valence-electron chi connectivity index (χ4n) is 3.48. The molecule has 1 heterocycles. The van der Waals surface area contributed by atoms with Crippen molar-refractivity contribution in [3.8, 4) is 5.75 Å². The van der Waals surface area contributed by atoms with Gasteiger partial charge in [-0.25, -0.2) is 0 Å². The van der Waals surface area contributed by atoms with E-state index in [1.54, 1.807) is 0 Å². The van der Waals surface area contributed by atoms with Crippen LogP contribution in [-0.4, -0.2) is 30.7 Å². The van der Waals surface area contributed by atoms with E-state index in [2.05, 4.69) is 35.8 Å². The van der Waals surface area contributed by atoms with Gasteiger partial charge in [-0.1, -0.05) is 24.6 Å². The lowest BCUT2D eigenvalue weighted by Crippen LogP contribution is -2.38. The summed E-state index contributed by atoms with van der Waals surface area (Å²) in [6, 6.07) is 9.25. The van der Waals surface area contributed by atoms with Gasteiger partial charge in [0.2, 0.25) is 0 Å². The molecule has 110 valence electrons. The quantitative estimate of drug-likeness (QED) is 0.911. The van der Waals surface area contributed by atoms with E-state index in [4.69, 9.17) is 4.74 Å². The lowest BCUT2D eigenvalue weighted by atomic mass is 9.91. The predicted molar refractivity (Wildman–Crippen MR) is 86.9 cm³/mol. The minimum atomic E-state index is 0.620. The molecule has 1 N–H and O–H groups in total. The molecule has 1 aliphatic heterocycles. The first-order valence-electron chi connectivity index (χ1n) is 7.84. The Hall–Kier alpha value is -0.670. The average Bonchev–Trinajstić information content (AvgIpc) is 2.53. The summed E-state index contributed by atoms with van der Waals surface area (Å²) in [5, 5.41) is 4.69. The van der Waals surface area contributed by atoms with Gasteiger partial charge in [-0.3, -0.25) is 0 Å². The molecule has 3 heteroatoms. The summed E-state index contributed by atoms with van der Waals surface area (Å²) < 4.78 is 5.75. The largest absolute Gasteiger partial charge is 0.493 e. The van der Waals surface area contributed by atoms with Crippen LogP contribution in [0.1, 0.15) is 43.6 Å². The van der Waals surface area contributed by atoms with Crippen molar-refractivity contribution in [1.82, 2.24) is 5.32 Å². The van der Waals surface area contributed by atoms with E-state index in [1.165, 1.54) is 31.2 Å². The van der Waals surface area contributed by atoms with Crippen LogP contribution >= 0.6 is 11.8 Å². The van der Waals surface area contributed by atoms with Crippen molar-refractivity contribution < 1.29 is 4.74 Å². The Labute approximate surface area is 126 Å². The highest BCUT2D eigenvalue weighted by Crippen LogP contribution is 2.33. The third kappa shape index (κ3) is 3.32. The molecule has 1 fully saturated rings. The maximum Gasteiger partial charge on any atom is 0.122 e. The van der Waals surface area contributed by atoms with Crippen LogP contribution in [0.2, 0.25) is 0 Å². The highest BCUT2D eigenvalue weighted by molar-refractivity contribution is 7.99. The number of nitrogens with one attached hydrogen (secondary N) is 1. The molecule has 0 saturated heterocycles. The molecular formula is C17H25NOS. The minimum absolute atomic E-state index is 0.620. The Balaban J connectivity index is 1.56. The zero-order chi connectivity index (χ0) is 13.8. The summed E-state index contributed by atoms with van der Waals surface area (Å²) in [5.41, 5.74) is 1.39. The summed E-state index contributed by atoms with van der Waals surface area (Å²) in [4.78, 5) is 0. The molecule has 1 aromatic rings. The van der Waals surface area contributed by atoms with Crippen LogP contribution in [0.15, 0.2) is 24.3 Å². The Morgan fingerprint density at radius 1 is 1.25 bits per heavy atom. The van der Waals surface area contributed by atoms with E-state index in [0.29, 0.717) is 5.92 Å². The molecule has 0 amide bonds. The van der Waals surface area contributed by atoms with Crippen LogP contribution < -0.4 is 10.1 Å². The van der Waals surface area contributed by atoms with Gasteiger partial charge in [0.25, 0.3) is 0 Å². The molecule has 20 heavy (non-hydrogen) atoms. The summed E-state index contributed by atoms with van der Waals surface area (Å²) in [6.45, 7) is 1.97. The van der Waals surface area contributed by atoms with Crippen molar-refractivity contribution in [2.75, 3.05) is 19.4 Å². The first kappa shape index (κ1) is 14.3.